The lowest BCUT2D eigenvalue weighted by atomic mass is 10.2. The van der Waals surface area contributed by atoms with E-state index in [0.29, 0.717) is 11.3 Å². The lowest BCUT2D eigenvalue weighted by Gasteiger charge is -2.05. The van der Waals surface area contributed by atoms with Gasteiger partial charge in [-0.1, -0.05) is 12.1 Å². The van der Waals surface area contributed by atoms with Crippen LogP contribution in [0, 0.1) is 15.9 Å². The molecule has 6 heteroatoms. The highest BCUT2D eigenvalue weighted by Crippen LogP contribution is 2.29. The molecule has 0 radical (unpaired) electrons. The molecule has 0 amide bonds. The molecule has 104 valence electrons. The Morgan fingerprint density at radius 1 is 1.25 bits per heavy atom. The summed E-state index contributed by atoms with van der Waals surface area (Å²) in [5, 5.41) is 19.9. The Bertz CT molecular complexity index is 634. The smallest absolute Gasteiger partial charge is 0.273 e. The first-order valence-corrected chi connectivity index (χ1v) is 6.84. The zero-order chi connectivity index (χ0) is 14.5. The predicted molar refractivity (Wildman–Crippen MR) is 75.0 cm³/mol. The van der Waals surface area contributed by atoms with Gasteiger partial charge in [-0.3, -0.25) is 10.1 Å². The summed E-state index contributed by atoms with van der Waals surface area (Å²) in [4.78, 5) is 11.2. The second-order valence-corrected chi connectivity index (χ2v) is 5.17. The molecule has 20 heavy (non-hydrogen) atoms. The van der Waals surface area contributed by atoms with Crippen LogP contribution in [-0.4, -0.2) is 10.0 Å². The largest absolute Gasteiger partial charge is 0.392 e. The van der Waals surface area contributed by atoms with Crippen LogP contribution in [0.25, 0.3) is 0 Å². The van der Waals surface area contributed by atoms with Gasteiger partial charge in [-0.2, -0.15) is 0 Å². The highest BCUT2D eigenvalue weighted by molar-refractivity contribution is 7.98. The number of nitro groups is 1. The minimum absolute atomic E-state index is 0.0610. The molecule has 0 aliphatic carbocycles. The molecule has 2 rings (SSSR count). The Hall–Kier alpha value is -1.92. The van der Waals surface area contributed by atoms with Crippen molar-refractivity contribution in [1.29, 1.82) is 0 Å². The Labute approximate surface area is 119 Å². The van der Waals surface area contributed by atoms with Gasteiger partial charge in [-0.25, -0.2) is 4.39 Å². The molecule has 1 N–H and O–H groups in total. The van der Waals surface area contributed by atoms with Crippen molar-refractivity contribution in [3.63, 3.8) is 0 Å². The molecule has 0 aliphatic rings. The van der Waals surface area contributed by atoms with E-state index in [2.05, 4.69) is 0 Å². The Morgan fingerprint density at radius 2 is 2.05 bits per heavy atom. The van der Waals surface area contributed by atoms with Crippen LogP contribution in [0.4, 0.5) is 10.1 Å². The van der Waals surface area contributed by atoms with E-state index in [1.807, 2.05) is 6.07 Å². The van der Waals surface area contributed by atoms with Crippen molar-refractivity contribution in [2.75, 3.05) is 0 Å². The zero-order valence-corrected chi connectivity index (χ0v) is 11.3. The molecule has 0 fully saturated rings. The van der Waals surface area contributed by atoms with E-state index >= 15 is 0 Å². The molecule has 0 spiro atoms. The molecule has 2 aromatic rings. The second-order valence-electron chi connectivity index (χ2n) is 4.12. The maximum atomic E-state index is 13.2. The topological polar surface area (TPSA) is 63.4 Å². The van der Waals surface area contributed by atoms with Gasteiger partial charge < -0.3 is 5.11 Å². The number of aliphatic hydroxyl groups is 1. The maximum Gasteiger partial charge on any atom is 0.273 e. The van der Waals surface area contributed by atoms with Gasteiger partial charge in [0.05, 0.1) is 11.5 Å². The van der Waals surface area contributed by atoms with Gasteiger partial charge in [0.2, 0.25) is 0 Å². The number of rotatable bonds is 5. The van der Waals surface area contributed by atoms with Gasteiger partial charge >= 0.3 is 0 Å². The number of hydrogen-bond acceptors (Lipinski definition) is 4. The van der Waals surface area contributed by atoms with Crippen LogP contribution in [0.1, 0.15) is 11.1 Å². The average molecular weight is 293 g/mol. The van der Waals surface area contributed by atoms with Crippen LogP contribution in [0.15, 0.2) is 47.4 Å². The van der Waals surface area contributed by atoms with Crippen LogP contribution in [0.3, 0.4) is 0 Å². The lowest BCUT2D eigenvalue weighted by Crippen LogP contribution is -1.95. The van der Waals surface area contributed by atoms with E-state index in [9.17, 15) is 14.5 Å². The summed E-state index contributed by atoms with van der Waals surface area (Å²) in [6.45, 7) is -0.0610. The van der Waals surface area contributed by atoms with E-state index in [-0.39, 0.29) is 12.3 Å². The zero-order valence-electron chi connectivity index (χ0n) is 10.5. The van der Waals surface area contributed by atoms with Crippen LogP contribution in [0.2, 0.25) is 0 Å². The van der Waals surface area contributed by atoms with Crippen molar-refractivity contribution < 1.29 is 14.4 Å². The third kappa shape index (κ3) is 3.55. The van der Waals surface area contributed by atoms with Gasteiger partial charge in [0, 0.05) is 22.3 Å². The quantitative estimate of drug-likeness (QED) is 0.520. The van der Waals surface area contributed by atoms with Crippen LogP contribution in [0.5, 0.6) is 0 Å². The van der Waals surface area contributed by atoms with E-state index in [0.717, 1.165) is 16.5 Å². The molecule has 0 saturated heterocycles. The maximum absolute atomic E-state index is 13.2. The van der Waals surface area contributed by atoms with Crippen molar-refractivity contribution in [2.45, 2.75) is 17.3 Å². The number of aliphatic hydroxyl groups excluding tert-OH is 1. The van der Waals surface area contributed by atoms with Crippen molar-refractivity contribution in [1.82, 2.24) is 0 Å². The standard InChI is InChI=1S/C14H12FNO3S/c15-12-4-5-14(16(18)19)11(7-12)9-20-13-3-1-2-10(6-13)8-17/h1-7,17H,8-9H2. The van der Waals surface area contributed by atoms with Gasteiger partial charge in [0.25, 0.3) is 5.69 Å². The van der Waals surface area contributed by atoms with Crippen molar-refractivity contribution in [2.24, 2.45) is 0 Å². The molecule has 0 unspecified atom stereocenters. The summed E-state index contributed by atoms with van der Waals surface area (Å²) < 4.78 is 13.2. The Balaban J connectivity index is 2.17. The molecular weight excluding hydrogens is 281 g/mol. The van der Waals surface area contributed by atoms with Gasteiger partial charge in [0.1, 0.15) is 5.82 Å². The van der Waals surface area contributed by atoms with Crippen LogP contribution in [-0.2, 0) is 12.4 Å². The molecule has 0 aromatic heterocycles. The summed E-state index contributed by atoms with van der Waals surface area (Å²) in [5.41, 5.74) is 1.02. The number of thioether (sulfide) groups is 1. The van der Waals surface area contributed by atoms with Gasteiger partial charge in [0.15, 0.2) is 0 Å². The summed E-state index contributed by atoms with van der Waals surface area (Å²) >= 11 is 1.36. The van der Waals surface area contributed by atoms with Crippen molar-refractivity contribution in [3.8, 4) is 0 Å². The molecular formula is C14H12FNO3S. The molecule has 0 aliphatic heterocycles. The normalized spacial score (nSPS) is 10.5. The summed E-state index contributed by atoms with van der Waals surface area (Å²) in [6, 6.07) is 10.7. The first kappa shape index (κ1) is 14.5. The van der Waals surface area contributed by atoms with Crippen LogP contribution >= 0.6 is 11.8 Å². The second kappa shape index (κ2) is 6.49. The number of nitrogens with zero attached hydrogens (tertiary/aromatic N) is 1. The number of halogens is 1. The monoisotopic (exact) mass is 293 g/mol. The van der Waals surface area contributed by atoms with Crippen molar-refractivity contribution >= 4 is 17.4 Å². The minimum Gasteiger partial charge on any atom is -0.392 e. The lowest BCUT2D eigenvalue weighted by molar-refractivity contribution is -0.385. The summed E-state index contributed by atoms with van der Waals surface area (Å²) in [6.07, 6.45) is 0. The fraction of sp³-hybridized carbons (Fsp3) is 0.143. The molecule has 2 aromatic carbocycles. The van der Waals surface area contributed by atoms with E-state index in [4.69, 9.17) is 5.11 Å². The highest BCUT2D eigenvalue weighted by Gasteiger charge is 2.14. The number of nitro benzene ring substituents is 1. The van der Waals surface area contributed by atoms with Crippen molar-refractivity contribution in [3.05, 3.63) is 69.5 Å². The molecule has 0 atom stereocenters. The third-order valence-electron chi connectivity index (χ3n) is 2.71. The summed E-state index contributed by atoms with van der Waals surface area (Å²) in [7, 11) is 0. The van der Waals surface area contributed by atoms with Gasteiger partial charge in [-0.15, -0.1) is 11.8 Å². The fourth-order valence-electron chi connectivity index (χ4n) is 1.74. The third-order valence-corrected chi connectivity index (χ3v) is 3.76. The summed E-state index contributed by atoms with van der Waals surface area (Å²) in [5.74, 6) is -0.196. The van der Waals surface area contributed by atoms with E-state index in [1.165, 1.54) is 23.9 Å². The first-order valence-electron chi connectivity index (χ1n) is 5.85. The predicted octanol–water partition coefficient (Wildman–Crippen LogP) is 3.52. The SMILES string of the molecule is O=[N+]([O-])c1ccc(F)cc1CSc1cccc(CO)c1. The fourth-order valence-corrected chi connectivity index (χ4v) is 2.71. The van der Waals surface area contributed by atoms with Gasteiger partial charge in [-0.05, 0) is 29.8 Å². The van der Waals surface area contributed by atoms with E-state index in [1.54, 1.807) is 18.2 Å². The average Bonchev–Trinajstić information content (AvgIpc) is 2.45. The minimum atomic E-state index is -0.514. The molecule has 0 bridgehead atoms. The highest BCUT2D eigenvalue weighted by atomic mass is 32.2. The first-order chi connectivity index (χ1) is 9.60. The molecule has 0 saturated carbocycles. The Morgan fingerprint density at radius 3 is 2.75 bits per heavy atom. The number of benzene rings is 2. The number of hydrogen-bond donors (Lipinski definition) is 1. The van der Waals surface area contributed by atoms with E-state index < -0.39 is 10.7 Å². The van der Waals surface area contributed by atoms with Crippen LogP contribution < -0.4 is 0 Å². The molecule has 0 heterocycles. The molecule has 4 nitrogen and oxygen atoms in total. The Kier molecular flexibility index (Phi) is 4.70.